The van der Waals surface area contributed by atoms with E-state index in [0.717, 1.165) is 25.6 Å². The zero-order chi connectivity index (χ0) is 84.0. The van der Waals surface area contributed by atoms with E-state index in [1.165, 1.54) is 141 Å². The summed E-state index contributed by atoms with van der Waals surface area (Å²) in [5, 5.41) is 101. The fourth-order valence-electron chi connectivity index (χ4n) is 5.74. The number of carbonyl (C=O) groups is 14. The van der Waals surface area contributed by atoms with Crippen molar-refractivity contribution < 1.29 is 230 Å². The summed E-state index contributed by atoms with van der Waals surface area (Å²) in [4.78, 5) is 144. The molecule has 118 heavy (non-hydrogen) atoms. The Morgan fingerprint density at radius 3 is 0.263 bits per heavy atom. The summed E-state index contributed by atoms with van der Waals surface area (Å²) in [6.07, 6.45) is 3.00. The van der Waals surface area contributed by atoms with Gasteiger partial charge in [0, 0.05) is 56.4 Å². The average Bonchev–Trinajstić information content (AvgIpc) is 1.03. The molecule has 36 heteroatoms. The molecule has 0 saturated carbocycles. The van der Waals surface area contributed by atoms with Crippen molar-refractivity contribution in [1.82, 2.24) is 19.6 Å². The molecule has 30 nitrogen and oxygen atoms in total. The number of hydrogen-bond acceptors (Lipinski definition) is 24. The molecule has 0 fully saturated rings. The van der Waals surface area contributed by atoms with Crippen LogP contribution in [0.15, 0.2) is 303 Å². The molecule has 0 aliphatic rings. The van der Waals surface area contributed by atoms with Crippen LogP contribution in [0.2, 0.25) is 0 Å². The van der Waals surface area contributed by atoms with Crippen LogP contribution >= 0.6 is 0 Å². The van der Waals surface area contributed by atoms with Crippen LogP contribution in [0, 0.1) is 0 Å². The van der Waals surface area contributed by atoms with Crippen molar-refractivity contribution in [2.24, 2.45) is 0 Å². The maximum atomic E-state index is 10.1. The number of carboxylic acids is 10. The van der Waals surface area contributed by atoms with Crippen LogP contribution < -0.4 is 51.1 Å². The first-order valence-corrected chi connectivity index (χ1v) is 31.2. The van der Waals surface area contributed by atoms with Crippen LogP contribution in [0.5, 0.6) is 0 Å². The Balaban J connectivity index is -0.000000103. The number of aromatic carboxylic acids is 10. The van der Waals surface area contributed by atoms with Crippen LogP contribution in [0.1, 0.15) is 104 Å². The molecule has 0 spiro atoms. The third-order valence-electron chi connectivity index (χ3n) is 10.9. The predicted molar refractivity (Wildman–Crippen MR) is 388 cm³/mol. The Morgan fingerprint density at radius 1 is 0.186 bits per heavy atom. The van der Waals surface area contributed by atoms with Crippen molar-refractivity contribution in [3.63, 3.8) is 0 Å². The molecular formula is C82H78Co4Mn2N4O26. The van der Waals surface area contributed by atoms with E-state index in [2.05, 4.69) is 0 Å². The maximum Gasteiger partial charge on any atom is 3.00 e. The van der Waals surface area contributed by atoms with E-state index in [0.29, 0.717) is 0 Å². The van der Waals surface area contributed by atoms with E-state index in [9.17, 15) is 118 Å². The summed E-state index contributed by atoms with van der Waals surface area (Å²) < 4.78 is 0. The smallest absolute Gasteiger partial charge is 2.00 e. The summed E-state index contributed by atoms with van der Waals surface area (Å²) >= 11 is 0. The number of carboxylic acid groups (broad SMARTS) is 10. The molecule has 0 aliphatic carbocycles. The van der Waals surface area contributed by atoms with Crippen LogP contribution in [-0.2, 0) is 131 Å². The minimum Gasteiger partial charge on any atom is -2.00 e. The topological polar surface area (TPSA) is 540 Å². The quantitative estimate of drug-likeness (QED) is 0.0937. The first kappa shape index (κ1) is 132. The molecular weight excluding hydrogens is 1800 g/mol. The molecule has 0 aromatic heterocycles. The Bertz CT molecular complexity index is 3330. The van der Waals surface area contributed by atoms with Crippen LogP contribution in [0.4, 0.5) is 0 Å². The zero-order valence-electron chi connectivity index (χ0n) is 63.7. The SMILES string of the molecule is CN(C)C=O.CN(C)C=O.CN(C)C=O.CN(C)C=O.O=C([O-])c1ccccc1.O=C([O-])c1ccccc1.O=C([O-])c1ccccc1.O=C([O-])c1ccccc1.O=C([O-])c1ccccc1.O=C([O-])c1ccccc1.O=C([O-])c1ccccc1.O=C([O-])c1ccccc1.O=C([O-])c1ccccc1.O=C([O-])c1ccccc1.[Co+2].[Co+2].[Co+3].[Co+3].[Mn+2].[Mn+2].[O-2].[O-2]. The molecule has 0 aliphatic heterocycles. The molecule has 0 atom stereocenters. The Hall–Kier alpha value is -12.2. The van der Waals surface area contributed by atoms with Crippen LogP contribution in [0.3, 0.4) is 0 Å². The van der Waals surface area contributed by atoms with Gasteiger partial charge >= 0.3 is 101 Å². The zero-order valence-corrected chi connectivity index (χ0v) is 70.2. The van der Waals surface area contributed by atoms with Crippen molar-refractivity contribution in [1.29, 1.82) is 0 Å². The summed E-state index contributed by atoms with van der Waals surface area (Å²) in [5.74, 6) is -11.3. The van der Waals surface area contributed by atoms with E-state index in [-0.39, 0.29) is 168 Å². The van der Waals surface area contributed by atoms with Gasteiger partial charge in [0.05, 0.1) is 59.7 Å². The third-order valence-corrected chi connectivity index (χ3v) is 10.9. The average molecular weight is 1880 g/mol. The number of hydrogen-bond donors (Lipinski definition) is 0. The Labute approximate surface area is 745 Å². The molecule has 0 bridgehead atoms. The molecule has 0 unspecified atom stereocenters. The van der Waals surface area contributed by atoms with Crippen molar-refractivity contribution in [2.75, 3.05) is 56.4 Å². The second-order valence-electron chi connectivity index (χ2n) is 20.8. The molecule has 10 aromatic carbocycles. The van der Waals surface area contributed by atoms with Gasteiger partial charge in [0.15, 0.2) is 0 Å². The number of benzene rings is 10. The van der Waals surface area contributed by atoms with Crippen molar-refractivity contribution in [2.45, 2.75) is 0 Å². The van der Waals surface area contributed by atoms with Crippen molar-refractivity contribution in [3.8, 4) is 0 Å². The maximum absolute atomic E-state index is 10.1. The first-order chi connectivity index (χ1) is 52.1. The normalized spacial score (nSPS) is 7.93. The number of rotatable bonds is 14. The van der Waals surface area contributed by atoms with Gasteiger partial charge in [-0.3, -0.25) is 19.2 Å². The van der Waals surface area contributed by atoms with Crippen LogP contribution in [0.25, 0.3) is 0 Å². The molecule has 4 amide bonds. The van der Waals surface area contributed by atoms with E-state index in [4.69, 9.17) is 0 Å². The van der Waals surface area contributed by atoms with E-state index in [1.54, 1.807) is 238 Å². The van der Waals surface area contributed by atoms with E-state index >= 15 is 0 Å². The Morgan fingerprint density at radius 2 is 0.237 bits per heavy atom. The van der Waals surface area contributed by atoms with Gasteiger partial charge in [-0.25, -0.2) is 0 Å². The van der Waals surface area contributed by atoms with Crippen molar-refractivity contribution >= 4 is 85.3 Å². The van der Waals surface area contributed by atoms with Gasteiger partial charge in [0.25, 0.3) is 0 Å². The molecule has 0 saturated heterocycles. The molecule has 632 valence electrons. The molecule has 0 N–H and O–H groups in total. The van der Waals surface area contributed by atoms with Gasteiger partial charge in [0.2, 0.25) is 25.6 Å². The Kier molecular flexibility index (Phi) is 97.5. The summed E-state index contributed by atoms with van der Waals surface area (Å²) in [6.45, 7) is 0. The molecule has 10 rings (SSSR count). The fraction of sp³-hybridized carbons (Fsp3) is 0.0976. The van der Waals surface area contributed by atoms with Gasteiger partial charge in [-0.1, -0.05) is 303 Å². The van der Waals surface area contributed by atoms with Crippen LogP contribution in [-0.4, -0.2) is 161 Å². The number of nitrogens with zero attached hydrogens (tertiary/aromatic N) is 4. The fourth-order valence-corrected chi connectivity index (χ4v) is 5.74. The summed E-state index contributed by atoms with van der Waals surface area (Å²) in [5.41, 5.74) is 2.20. The third kappa shape index (κ3) is 81.8. The van der Waals surface area contributed by atoms with Gasteiger partial charge in [-0.05, 0) is 55.6 Å². The van der Waals surface area contributed by atoms with Gasteiger partial charge < -0.3 is 130 Å². The minimum atomic E-state index is -1.13. The summed E-state index contributed by atoms with van der Waals surface area (Å²) in [7, 11) is 13.5. The van der Waals surface area contributed by atoms with E-state index < -0.39 is 59.7 Å². The monoisotopic (exact) mass is 1880 g/mol. The predicted octanol–water partition coefficient (Wildman–Crippen LogP) is -0.934. The second-order valence-corrected chi connectivity index (χ2v) is 20.8. The van der Waals surface area contributed by atoms with Crippen molar-refractivity contribution in [3.05, 3.63) is 359 Å². The van der Waals surface area contributed by atoms with Gasteiger partial charge in [-0.2, -0.15) is 0 Å². The standard InChI is InChI=1S/10C7H6O2.4C3H7NO.4Co.2Mn.2O/c10*8-7(9)6-4-2-1-3-5-6;4*1-4(2)3-5;;;;;;;;/h10*1-5H,(H,8,9);4*3H,1-2H3;;;;;;;;/q;;;;;;;;;;;;;;2*+2;2*+3;2*+2;2*-2/p-10. The van der Waals surface area contributed by atoms with E-state index in [1.807, 2.05) is 0 Å². The first-order valence-electron chi connectivity index (χ1n) is 31.2. The van der Waals surface area contributed by atoms with Gasteiger partial charge in [0.1, 0.15) is 0 Å². The number of amides is 4. The molecule has 0 heterocycles. The minimum absolute atomic E-state index is 0. The second kappa shape index (κ2) is 87.2. The molecule has 4 radical (unpaired) electrons. The largest absolute Gasteiger partial charge is 3.00 e. The summed E-state index contributed by atoms with van der Waals surface area (Å²) in [6, 6.07) is 80.6. The number of carbonyl (C=O) groups excluding carboxylic acids is 14. The molecule has 10 aromatic rings. The van der Waals surface area contributed by atoms with Gasteiger partial charge in [-0.15, -0.1) is 0 Å².